The lowest BCUT2D eigenvalue weighted by Gasteiger charge is -2.18. The third-order valence-electron chi connectivity index (χ3n) is 5.55. The van der Waals surface area contributed by atoms with E-state index in [1.54, 1.807) is 15.8 Å². The molecule has 1 saturated carbocycles. The van der Waals surface area contributed by atoms with Crippen LogP contribution in [0.25, 0.3) is 0 Å². The van der Waals surface area contributed by atoms with Crippen LogP contribution in [-0.4, -0.2) is 60.8 Å². The first-order valence-corrected chi connectivity index (χ1v) is 9.31. The summed E-state index contributed by atoms with van der Waals surface area (Å²) < 4.78 is 33.3. The molecule has 31 heavy (non-hydrogen) atoms. The molecule has 0 spiro atoms. The Bertz CT molecular complexity index is 1070. The first-order valence-electron chi connectivity index (χ1n) is 9.31. The molecular formula is C18H16F3N5O5. The second kappa shape index (κ2) is 7.32. The van der Waals surface area contributed by atoms with E-state index in [9.17, 15) is 22.8 Å². The van der Waals surface area contributed by atoms with Crippen molar-refractivity contribution >= 4 is 23.7 Å². The Morgan fingerprint density at radius 1 is 1.23 bits per heavy atom. The molecule has 1 aliphatic heterocycles. The summed E-state index contributed by atoms with van der Waals surface area (Å²) in [5, 5.41) is 23.7. The SMILES string of the molecule is O=C(O)C(F)(F)F.O=C(O)c1cn(C2CCc3cc(N4C[C@H]5C[C@H]5C4=O)ncc32)nn1. The van der Waals surface area contributed by atoms with Gasteiger partial charge in [-0.25, -0.2) is 19.3 Å². The van der Waals surface area contributed by atoms with Gasteiger partial charge in [0.05, 0.1) is 12.2 Å². The van der Waals surface area contributed by atoms with Crippen molar-refractivity contribution in [2.45, 2.75) is 31.5 Å². The van der Waals surface area contributed by atoms with Crippen molar-refractivity contribution in [2.75, 3.05) is 11.4 Å². The number of anilines is 1. The molecule has 2 N–H and O–H groups in total. The number of aromatic nitrogens is 4. The van der Waals surface area contributed by atoms with E-state index in [4.69, 9.17) is 15.0 Å². The summed E-state index contributed by atoms with van der Waals surface area (Å²) in [6.45, 7) is 0.782. The maximum absolute atomic E-state index is 12.2. The first kappa shape index (κ1) is 20.8. The molecule has 1 amide bonds. The first-order chi connectivity index (χ1) is 14.6. The Balaban J connectivity index is 0.000000289. The van der Waals surface area contributed by atoms with E-state index in [0.717, 1.165) is 42.8 Å². The van der Waals surface area contributed by atoms with Gasteiger partial charge in [-0.2, -0.15) is 13.2 Å². The Labute approximate surface area is 172 Å². The molecule has 13 heteroatoms. The number of hydrogen-bond acceptors (Lipinski definition) is 6. The summed E-state index contributed by atoms with van der Waals surface area (Å²) in [6.07, 6.45) is 0.866. The number of alkyl halides is 3. The minimum Gasteiger partial charge on any atom is -0.476 e. The fraction of sp³-hybridized carbons (Fsp3) is 0.444. The topological polar surface area (TPSA) is 139 Å². The summed E-state index contributed by atoms with van der Waals surface area (Å²) in [6, 6.07) is 1.94. The minimum absolute atomic E-state index is 0.0511. The second-order valence-corrected chi connectivity index (χ2v) is 7.54. The highest BCUT2D eigenvalue weighted by molar-refractivity contribution is 5.99. The smallest absolute Gasteiger partial charge is 0.476 e. The number of fused-ring (bicyclic) bond motifs is 2. The van der Waals surface area contributed by atoms with Crippen LogP contribution in [0, 0.1) is 11.8 Å². The number of hydrogen-bond donors (Lipinski definition) is 2. The largest absolute Gasteiger partial charge is 0.490 e. The molecule has 2 aromatic heterocycles. The van der Waals surface area contributed by atoms with Gasteiger partial charge in [0.1, 0.15) is 5.82 Å². The van der Waals surface area contributed by atoms with Gasteiger partial charge >= 0.3 is 18.1 Å². The van der Waals surface area contributed by atoms with Crippen LogP contribution in [0.5, 0.6) is 0 Å². The zero-order valence-corrected chi connectivity index (χ0v) is 15.8. The second-order valence-electron chi connectivity index (χ2n) is 7.54. The van der Waals surface area contributed by atoms with Crippen LogP contribution in [0.2, 0.25) is 0 Å². The van der Waals surface area contributed by atoms with Crippen molar-refractivity contribution in [3.8, 4) is 0 Å². The molecule has 1 saturated heterocycles. The lowest BCUT2D eigenvalue weighted by atomic mass is 10.1. The number of carbonyl (C=O) groups excluding carboxylic acids is 1. The Hall–Kier alpha value is -3.51. The van der Waals surface area contributed by atoms with Crippen molar-refractivity contribution in [3.05, 3.63) is 35.3 Å². The highest BCUT2D eigenvalue weighted by atomic mass is 19.4. The van der Waals surface area contributed by atoms with Gasteiger partial charge in [-0.05, 0) is 42.4 Å². The van der Waals surface area contributed by atoms with Crippen molar-refractivity contribution in [1.82, 2.24) is 20.0 Å². The van der Waals surface area contributed by atoms with Crippen molar-refractivity contribution < 1.29 is 37.8 Å². The van der Waals surface area contributed by atoms with Crippen LogP contribution >= 0.6 is 0 Å². The highest BCUT2D eigenvalue weighted by Crippen LogP contribution is 2.47. The summed E-state index contributed by atoms with van der Waals surface area (Å²) in [7, 11) is 0. The molecule has 0 aromatic carbocycles. The summed E-state index contributed by atoms with van der Waals surface area (Å²) in [5.74, 6) is -2.17. The Kier molecular flexibility index (Phi) is 4.90. The molecule has 5 rings (SSSR count). The summed E-state index contributed by atoms with van der Waals surface area (Å²) in [5.41, 5.74) is 2.11. The number of piperidine rings is 1. The molecule has 2 aromatic rings. The molecule has 0 bridgehead atoms. The fourth-order valence-electron chi connectivity index (χ4n) is 3.89. The molecule has 2 fully saturated rings. The number of carboxylic acid groups (broad SMARTS) is 2. The quantitative estimate of drug-likeness (QED) is 0.734. The van der Waals surface area contributed by atoms with Crippen LogP contribution < -0.4 is 4.90 Å². The number of carboxylic acids is 2. The van der Waals surface area contributed by atoms with Crippen LogP contribution in [0.15, 0.2) is 18.5 Å². The lowest BCUT2D eigenvalue weighted by molar-refractivity contribution is -0.192. The molecular weight excluding hydrogens is 423 g/mol. The molecule has 3 heterocycles. The third-order valence-corrected chi connectivity index (χ3v) is 5.55. The number of rotatable bonds is 3. The van der Waals surface area contributed by atoms with Crippen LogP contribution in [0.1, 0.15) is 40.5 Å². The van der Waals surface area contributed by atoms with Crippen LogP contribution in [-0.2, 0) is 16.0 Å². The van der Waals surface area contributed by atoms with E-state index in [1.807, 2.05) is 6.07 Å². The number of aromatic carboxylic acids is 1. The predicted octanol–water partition coefficient (Wildman–Crippen LogP) is 1.52. The molecule has 0 radical (unpaired) electrons. The number of aryl methyl sites for hydroxylation is 1. The van der Waals surface area contributed by atoms with Crippen LogP contribution in [0.4, 0.5) is 19.0 Å². The summed E-state index contributed by atoms with van der Waals surface area (Å²) in [4.78, 5) is 38.3. The number of halogens is 3. The predicted molar refractivity (Wildman–Crippen MR) is 95.3 cm³/mol. The van der Waals surface area contributed by atoms with Gasteiger partial charge in [0, 0.05) is 18.7 Å². The summed E-state index contributed by atoms with van der Waals surface area (Å²) >= 11 is 0. The number of nitrogens with zero attached hydrogens (tertiary/aromatic N) is 5. The maximum atomic E-state index is 12.2. The van der Waals surface area contributed by atoms with Gasteiger partial charge in [-0.3, -0.25) is 9.69 Å². The van der Waals surface area contributed by atoms with E-state index in [-0.39, 0.29) is 23.6 Å². The standard InChI is InChI=1S/C16H15N5O3.C2HF3O2/c22-15-10-3-9(10)6-20(15)14-4-8-1-2-13(11(8)5-17-14)21-7-12(16(23)24)18-19-21;3-2(4,5)1(6)7/h4-5,7,9-10,13H,1-3,6H2,(H,23,24);(H,6,7)/t9-,10-,13?;/m1./s1. The Morgan fingerprint density at radius 2 is 1.94 bits per heavy atom. The third kappa shape index (κ3) is 3.94. The van der Waals surface area contributed by atoms with Gasteiger partial charge in [-0.15, -0.1) is 5.10 Å². The lowest BCUT2D eigenvalue weighted by Crippen LogP contribution is -2.28. The zero-order chi connectivity index (χ0) is 22.5. The maximum Gasteiger partial charge on any atom is 0.490 e. The van der Waals surface area contributed by atoms with E-state index in [0.29, 0.717) is 5.92 Å². The van der Waals surface area contributed by atoms with Crippen LogP contribution in [0.3, 0.4) is 0 Å². The van der Waals surface area contributed by atoms with Gasteiger partial charge < -0.3 is 10.2 Å². The number of amides is 1. The van der Waals surface area contributed by atoms with Gasteiger partial charge in [-0.1, -0.05) is 5.21 Å². The van der Waals surface area contributed by atoms with Crippen molar-refractivity contribution in [2.24, 2.45) is 11.8 Å². The number of carbonyl (C=O) groups is 3. The highest BCUT2D eigenvalue weighted by Gasteiger charge is 2.53. The zero-order valence-electron chi connectivity index (χ0n) is 15.8. The monoisotopic (exact) mass is 439 g/mol. The minimum atomic E-state index is -5.08. The van der Waals surface area contributed by atoms with E-state index < -0.39 is 18.1 Å². The molecule has 1 unspecified atom stereocenters. The number of pyridine rings is 1. The molecule has 2 aliphatic carbocycles. The van der Waals surface area contributed by atoms with Gasteiger partial charge in [0.2, 0.25) is 5.91 Å². The average molecular weight is 439 g/mol. The van der Waals surface area contributed by atoms with Crippen molar-refractivity contribution in [3.63, 3.8) is 0 Å². The van der Waals surface area contributed by atoms with Crippen molar-refractivity contribution in [1.29, 1.82) is 0 Å². The van der Waals surface area contributed by atoms with E-state index in [2.05, 4.69) is 15.3 Å². The molecule has 3 aliphatic rings. The average Bonchev–Trinajstić information content (AvgIpc) is 3.04. The molecule has 10 nitrogen and oxygen atoms in total. The van der Waals surface area contributed by atoms with E-state index in [1.165, 1.54) is 6.20 Å². The van der Waals surface area contributed by atoms with Gasteiger partial charge in [0.15, 0.2) is 5.69 Å². The Morgan fingerprint density at radius 3 is 2.48 bits per heavy atom. The normalized spacial score (nSPS) is 23.6. The molecule has 164 valence electrons. The fourth-order valence-corrected chi connectivity index (χ4v) is 3.89. The molecule has 3 atom stereocenters. The number of aliphatic carboxylic acids is 1. The van der Waals surface area contributed by atoms with Gasteiger partial charge in [0.25, 0.3) is 0 Å². The van der Waals surface area contributed by atoms with E-state index >= 15 is 0 Å².